The molecule has 0 radical (unpaired) electrons. The van der Waals surface area contributed by atoms with Crippen molar-refractivity contribution in [2.75, 3.05) is 46.7 Å². The van der Waals surface area contributed by atoms with E-state index < -0.39 is 0 Å². The molecule has 36 heavy (non-hydrogen) atoms. The minimum atomic E-state index is -0.0500. The minimum Gasteiger partial charge on any atom is -0.497 e. The van der Waals surface area contributed by atoms with Gasteiger partial charge in [-0.05, 0) is 67.5 Å². The van der Waals surface area contributed by atoms with Gasteiger partial charge in [-0.2, -0.15) is 0 Å². The first-order chi connectivity index (χ1) is 17.4. The molecule has 2 fully saturated rings. The highest BCUT2D eigenvalue weighted by Crippen LogP contribution is 2.44. The number of fused-ring (bicyclic) bond motifs is 1. The summed E-state index contributed by atoms with van der Waals surface area (Å²) >= 11 is 3.06. The summed E-state index contributed by atoms with van der Waals surface area (Å²) in [6, 6.07) is 5.28. The lowest BCUT2D eigenvalue weighted by Crippen LogP contribution is -2.44. The summed E-state index contributed by atoms with van der Waals surface area (Å²) in [6.45, 7) is 2.75. The Morgan fingerprint density at radius 2 is 1.72 bits per heavy atom. The van der Waals surface area contributed by atoms with Gasteiger partial charge >= 0.3 is 0 Å². The van der Waals surface area contributed by atoms with Crippen LogP contribution < -0.4 is 9.47 Å². The normalized spacial score (nSPS) is 18.9. The smallest absolute Gasteiger partial charge is 0.264 e. The van der Waals surface area contributed by atoms with Crippen molar-refractivity contribution in [3.8, 4) is 11.5 Å². The van der Waals surface area contributed by atoms with Gasteiger partial charge in [0.25, 0.3) is 11.8 Å². The highest BCUT2D eigenvalue weighted by molar-refractivity contribution is 8.00. The Kier molecular flexibility index (Phi) is 7.05. The quantitative estimate of drug-likeness (QED) is 0.520. The topological polar surface area (TPSA) is 76.2 Å². The summed E-state index contributed by atoms with van der Waals surface area (Å²) in [6.07, 6.45) is 6.87. The molecule has 1 spiro atoms. The van der Waals surface area contributed by atoms with E-state index in [1.807, 2.05) is 16.1 Å². The molecule has 1 aromatic carbocycles. The molecule has 2 amide bonds. The fourth-order valence-corrected chi connectivity index (χ4v) is 7.92. The van der Waals surface area contributed by atoms with Crippen molar-refractivity contribution in [1.29, 1.82) is 0 Å². The molecular weight excluding hydrogens is 496 g/mol. The van der Waals surface area contributed by atoms with E-state index in [1.54, 1.807) is 44.2 Å². The Morgan fingerprint density at radius 3 is 2.39 bits per heavy atom. The summed E-state index contributed by atoms with van der Waals surface area (Å²) in [5.41, 5.74) is 2.33. The summed E-state index contributed by atoms with van der Waals surface area (Å²) in [5.74, 6) is 1.37. The number of carbonyl (C=O) groups excluding carboxylic acids is 3. The van der Waals surface area contributed by atoms with E-state index in [1.165, 1.54) is 11.3 Å². The molecule has 5 rings (SSSR count). The van der Waals surface area contributed by atoms with Crippen LogP contribution in [0.1, 0.15) is 68.1 Å². The fourth-order valence-electron chi connectivity index (χ4n) is 5.83. The van der Waals surface area contributed by atoms with Gasteiger partial charge in [0.05, 0.1) is 28.9 Å². The Hall–Kier alpha value is -2.52. The van der Waals surface area contributed by atoms with Gasteiger partial charge in [-0.15, -0.1) is 23.1 Å². The predicted molar refractivity (Wildman–Crippen MR) is 141 cm³/mol. The number of amides is 2. The number of rotatable bonds is 5. The Balaban J connectivity index is 1.27. The number of thioether (sulfide) groups is 1. The first kappa shape index (κ1) is 25.1. The molecule has 2 saturated heterocycles. The highest BCUT2D eigenvalue weighted by atomic mass is 32.2. The van der Waals surface area contributed by atoms with Crippen molar-refractivity contribution in [3.05, 3.63) is 39.8 Å². The van der Waals surface area contributed by atoms with E-state index in [0.29, 0.717) is 43.1 Å². The summed E-state index contributed by atoms with van der Waals surface area (Å²) in [5, 5.41) is 0. The molecule has 7 nitrogen and oxygen atoms in total. The molecule has 9 heteroatoms. The zero-order chi connectivity index (χ0) is 25.4. The second-order valence-electron chi connectivity index (χ2n) is 9.89. The van der Waals surface area contributed by atoms with Gasteiger partial charge in [0, 0.05) is 38.2 Å². The van der Waals surface area contributed by atoms with Crippen LogP contribution in [0.15, 0.2) is 22.4 Å². The lowest BCUT2D eigenvalue weighted by molar-refractivity contribution is 0.0563. The Bertz CT molecular complexity index is 1200. The lowest BCUT2D eigenvalue weighted by Gasteiger charge is -2.39. The number of thiophene rings is 1. The molecular formula is C27H32N2O5S2. The third kappa shape index (κ3) is 4.41. The van der Waals surface area contributed by atoms with Crippen molar-refractivity contribution in [3.63, 3.8) is 0 Å². The van der Waals surface area contributed by atoms with Crippen LogP contribution in [0.4, 0.5) is 0 Å². The molecule has 0 bridgehead atoms. The monoisotopic (exact) mass is 528 g/mol. The van der Waals surface area contributed by atoms with E-state index >= 15 is 0 Å². The van der Waals surface area contributed by atoms with E-state index in [9.17, 15) is 14.4 Å². The maximum absolute atomic E-state index is 13.6. The van der Waals surface area contributed by atoms with Crippen LogP contribution in [0.5, 0.6) is 11.5 Å². The Morgan fingerprint density at radius 1 is 1.00 bits per heavy atom. The van der Waals surface area contributed by atoms with Crippen molar-refractivity contribution in [2.24, 2.45) is 5.41 Å². The van der Waals surface area contributed by atoms with E-state index in [4.69, 9.17) is 9.47 Å². The molecule has 3 heterocycles. The average Bonchev–Trinajstić information content (AvgIpc) is 3.50. The number of nitrogens with zero attached hydrogens (tertiary/aromatic N) is 2. The number of methoxy groups -OCH3 is 2. The van der Waals surface area contributed by atoms with Gasteiger partial charge in [0.1, 0.15) is 11.5 Å². The average molecular weight is 529 g/mol. The molecule has 0 unspecified atom stereocenters. The van der Waals surface area contributed by atoms with Crippen molar-refractivity contribution >= 4 is 40.7 Å². The number of likely N-dealkylation sites (tertiary alicyclic amines) is 2. The van der Waals surface area contributed by atoms with E-state index in [-0.39, 0.29) is 23.0 Å². The van der Waals surface area contributed by atoms with E-state index in [0.717, 1.165) is 58.9 Å². The molecule has 0 saturated carbocycles. The zero-order valence-electron chi connectivity index (χ0n) is 21.1. The predicted octanol–water partition coefficient (Wildman–Crippen LogP) is 4.77. The second-order valence-corrected chi connectivity index (χ2v) is 12.0. The summed E-state index contributed by atoms with van der Waals surface area (Å²) < 4.78 is 11.7. The molecule has 2 aliphatic heterocycles. The number of ketones is 1. The van der Waals surface area contributed by atoms with Crippen LogP contribution >= 0.6 is 23.1 Å². The van der Waals surface area contributed by atoms with Crippen LogP contribution in [-0.2, 0) is 6.42 Å². The van der Waals surface area contributed by atoms with Crippen LogP contribution in [0.25, 0.3) is 0 Å². The maximum atomic E-state index is 13.6. The lowest BCUT2D eigenvalue weighted by atomic mass is 9.77. The largest absolute Gasteiger partial charge is 0.497 e. The highest BCUT2D eigenvalue weighted by Gasteiger charge is 2.44. The third-order valence-corrected chi connectivity index (χ3v) is 10.3. The third-order valence-electron chi connectivity index (χ3n) is 7.94. The molecule has 3 aliphatic rings. The van der Waals surface area contributed by atoms with Crippen LogP contribution in [0.2, 0.25) is 0 Å². The number of Topliss-reactive ketones (excluding diaryl/α,β-unsaturated/α-hetero) is 1. The van der Waals surface area contributed by atoms with Crippen molar-refractivity contribution in [2.45, 2.75) is 42.7 Å². The standard InChI is InChI=1S/C27H32N2O5S2/c1-33-17-7-8-21(34-2)19(15-17)24(31)28-12-9-27(10-13-28)11-14-29(16-27)25(32)23-18-5-4-6-20(30)22(18)26(35-3)36-23/h7-8,15H,4-6,9-14,16H2,1-3H3. The second kappa shape index (κ2) is 10.1. The van der Waals surface area contributed by atoms with Crippen LogP contribution in [-0.4, -0.2) is 74.1 Å². The molecule has 0 N–H and O–H groups in total. The van der Waals surface area contributed by atoms with Gasteiger partial charge in [-0.25, -0.2) is 0 Å². The van der Waals surface area contributed by atoms with Crippen LogP contribution in [0, 0.1) is 5.41 Å². The number of ether oxygens (including phenoxy) is 2. The zero-order valence-corrected chi connectivity index (χ0v) is 22.7. The van der Waals surface area contributed by atoms with Crippen molar-refractivity contribution < 1.29 is 23.9 Å². The Labute approximate surface area is 220 Å². The van der Waals surface area contributed by atoms with Gasteiger partial charge in [0.2, 0.25) is 0 Å². The molecule has 1 aromatic heterocycles. The molecule has 0 atom stereocenters. The van der Waals surface area contributed by atoms with Gasteiger partial charge in [-0.3, -0.25) is 14.4 Å². The first-order valence-corrected chi connectivity index (χ1v) is 14.5. The molecule has 2 aromatic rings. The first-order valence-electron chi connectivity index (χ1n) is 12.4. The van der Waals surface area contributed by atoms with Crippen molar-refractivity contribution in [1.82, 2.24) is 9.80 Å². The number of hydrogen-bond donors (Lipinski definition) is 0. The maximum Gasteiger partial charge on any atom is 0.264 e. The fraction of sp³-hybridized carbons (Fsp3) is 0.519. The number of benzene rings is 1. The summed E-state index contributed by atoms with van der Waals surface area (Å²) in [4.78, 5) is 44.1. The molecule has 192 valence electrons. The van der Waals surface area contributed by atoms with E-state index in [2.05, 4.69) is 0 Å². The van der Waals surface area contributed by atoms with Gasteiger partial charge < -0.3 is 19.3 Å². The van der Waals surface area contributed by atoms with Gasteiger partial charge in [0.15, 0.2) is 5.78 Å². The van der Waals surface area contributed by atoms with Gasteiger partial charge in [-0.1, -0.05) is 0 Å². The number of piperidine rings is 1. The molecule has 1 aliphatic carbocycles. The minimum absolute atomic E-state index is 0.0420. The van der Waals surface area contributed by atoms with Crippen LogP contribution in [0.3, 0.4) is 0 Å². The SMILES string of the molecule is COc1ccc(OC)c(C(=O)N2CCC3(CC2)CCN(C(=O)c2sc(SC)c4c2CCCC4=O)C3)c1. The number of carbonyl (C=O) groups is 3. The number of hydrogen-bond acceptors (Lipinski definition) is 7. The summed E-state index contributed by atoms with van der Waals surface area (Å²) in [7, 11) is 3.15.